The van der Waals surface area contributed by atoms with E-state index in [0.29, 0.717) is 11.3 Å². The Kier molecular flexibility index (Phi) is 4.44. The Morgan fingerprint density at radius 3 is 2.24 bits per heavy atom. The number of alkyl halides is 3. The smallest absolute Gasteiger partial charge is 0.321 e. The van der Waals surface area contributed by atoms with Crippen LogP contribution in [0, 0.1) is 11.3 Å². The van der Waals surface area contributed by atoms with Gasteiger partial charge in [-0.05, 0) is 28.5 Å². The van der Waals surface area contributed by atoms with Gasteiger partial charge in [-0.2, -0.15) is 18.4 Å². The Morgan fingerprint density at radius 2 is 1.48 bits per heavy atom. The molecule has 3 aromatic carbocycles. The van der Waals surface area contributed by atoms with E-state index in [4.69, 9.17) is 0 Å². The third-order valence-corrected chi connectivity index (χ3v) is 4.75. The first kappa shape index (κ1) is 18.5. The Labute approximate surface area is 163 Å². The average Bonchev–Trinajstić information content (AvgIpc) is 2.72. The minimum absolute atomic E-state index is 0.0490. The van der Waals surface area contributed by atoms with Crippen molar-refractivity contribution in [2.45, 2.75) is 6.18 Å². The highest BCUT2D eigenvalue weighted by molar-refractivity contribution is 5.96. The SMILES string of the molecule is N#Cc1c(-c2ccccc2C(F)(F)F)cc(-c2cccc3ccccc23)[nH]c1=O. The van der Waals surface area contributed by atoms with Gasteiger partial charge in [0.25, 0.3) is 5.56 Å². The summed E-state index contributed by atoms with van der Waals surface area (Å²) in [6.07, 6.45) is -4.62. The molecule has 4 rings (SSSR count). The molecular weight excluding hydrogens is 377 g/mol. The normalized spacial score (nSPS) is 11.4. The number of aromatic amines is 1. The summed E-state index contributed by atoms with van der Waals surface area (Å²) in [6, 6.07) is 21.1. The number of aromatic nitrogens is 1. The zero-order chi connectivity index (χ0) is 20.6. The molecule has 6 heteroatoms. The molecule has 0 saturated carbocycles. The number of nitrogens with one attached hydrogen (secondary N) is 1. The van der Waals surface area contributed by atoms with E-state index < -0.39 is 17.3 Å². The molecule has 0 aliphatic heterocycles. The lowest BCUT2D eigenvalue weighted by molar-refractivity contribution is -0.137. The minimum atomic E-state index is -4.62. The molecule has 4 aromatic rings. The molecule has 0 aliphatic carbocycles. The van der Waals surface area contributed by atoms with Crippen LogP contribution in [0.2, 0.25) is 0 Å². The monoisotopic (exact) mass is 390 g/mol. The molecular formula is C23H13F3N2O. The number of H-pyrrole nitrogens is 1. The van der Waals surface area contributed by atoms with Crippen LogP contribution >= 0.6 is 0 Å². The third kappa shape index (κ3) is 3.27. The molecule has 0 atom stereocenters. The first-order valence-corrected chi connectivity index (χ1v) is 8.72. The maximum Gasteiger partial charge on any atom is 0.417 e. The Hall–Kier alpha value is -3.85. The average molecular weight is 390 g/mol. The van der Waals surface area contributed by atoms with E-state index in [-0.39, 0.29) is 16.7 Å². The summed E-state index contributed by atoms with van der Waals surface area (Å²) in [5.41, 5.74) is -1.23. The molecule has 29 heavy (non-hydrogen) atoms. The lowest BCUT2D eigenvalue weighted by Gasteiger charge is -2.15. The van der Waals surface area contributed by atoms with Crippen LogP contribution in [0.3, 0.4) is 0 Å². The van der Waals surface area contributed by atoms with E-state index in [0.717, 1.165) is 16.8 Å². The molecule has 0 spiro atoms. The Balaban J connectivity index is 2.05. The predicted molar refractivity (Wildman–Crippen MR) is 105 cm³/mol. The van der Waals surface area contributed by atoms with Crippen molar-refractivity contribution in [1.29, 1.82) is 5.26 Å². The largest absolute Gasteiger partial charge is 0.417 e. The highest BCUT2D eigenvalue weighted by atomic mass is 19.4. The van der Waals surface area contributed by atoms with Crippen LogP contribution in [0.1, 0.15) is 11.1 Å². The van der Waals surface area contributed by atoms with Crippen molar-refractivity contribution < 1.29 is 13.2 Å². The van der Waals surface area contributed by atoms with Gasteiger partial charge in [-0.15, -0.1) is 0 Å². The Morgan fingerprint density at radius 1 is 0.828 bits per heavy atom. The van der Waals surface area contributed by atoms with Gasteiger partial charge in [0.05, 0.1) is 5.56 Å². The van der Waals surface area contributed by atoms with Gasteiger partial charge >= 0.3 is 6.18 Å². The number of pyridine rings is 1. The van der Waals surface area contributed by atoms with Crippen molar-refractivity contribution in [3.8, 4) is 28.5 Å². The Bertz CT molecular complexity index is 1330. The van der Waals surface area contributed by atoms with Gasteiger partial charge in [-0.3, -0.25) is 4.79 Å². The van der Waals surface area contributed by atoms with Crippen LogP contribution in [0.25, 0.3) is 33.2 Å². The van der Waals surface area contributed by atoms with E-state index in [1.165, 1.54) is 24.3 Å². The number of benzene rings is 3. The molecule has 0 fully saturated rings. The number of nitriles is 1. The van der Waals surface area contributed by atoms with Gasteiger partial charge in [0.15, 0.2) is 0 Å². The lowest BCUT2D eigenvalue weighted by Crippen LogP contribution is -2.14. The van der Waals surface area contributed by atoms with Crippen LogP contribution < -0.4 is 5.56 Å². The molecule has 0 aliphatic rings. The van der Waals surface area contributed by atoms with Gasteiger partial charge in [0.1, 0.15) is 11.6 Å². The fourth-order valence-corrected chi connectivity index (χ4v) is 3.45. The highest BCUT2D eigenvalue weighted by Gasteiger charge is 2.34. The second-order valence-electron chi connectivity index (χ2n) is 6.48. The van der Waals surface area contributed by atoms with E-state index >= 15 is 0 Å². The van der Waals surface area contributed by atoms with Crippen LogP contribution in [0.15, 0.2) is 77.6 Å². The summed E-state index contributed by atoms with van der Waals surface area (Å²) < 4.78 is 40.6. The summed E-state index contributed by atoms with van der Waals surface area (Å²) in [4.78, 5) is 15.2. The zero-order valence-electron chi connectivity index (χ0n) is 14.9. The second-order valence-corrected chi connectivity index (χ2v) is 6.48. The van der Waals surface area contributed by atoms with Crippen molar-refractivity contribution in [2.75, 3.05) is 0 Å². The van der Waals surface area contributed by atoms with Crippen LogP contribution in [0.5, 0.6) is 0 Å². The minimum Gasteiger partial charge on any atom is -0.321 e. The van der Waals surface area contributed by atoms with Gasteiger partial charge < -0.3 is 4.98 Å². The number of fused-ring (bicyclic) bond motifs is 1. The summed E-state index contributed by atoms with van der Waals surface area (Å²) in [6.45, 7) is 0. The van der Waals surface area contributed by atoms with Gasteiger partial charge in [0.2, 0.25) is 0 Å². The summed E-state index contributed by atoms with van der Waals surface area (Å²) in [7, 11) is 0. The topological polar surface area (TPSA) is 56.6 Å². The predicted octanol–water partition coefficient (Wildman–Crippen LogP) is 5.75. The molecule has 1 aromatic heterocycles. The number of halogens is 3. The van der Waals surface area contributed by atoms with Crippen molar-refractivity contribution in [3.63, 3.8) is 0 Å². The van der Waals surface area contributed by atoms with Crippen LogP contribution in [-0.4, -0.2) is 4.98 Å². The molecule has 0 radical (unpaired) electrons. The highest BCUT2D eigenvalue weighted by Crippen LogP contribution is 2.38. The van der Waals surface area contributed by atoms with E-state index in [2.05, 4.69) is 4.98 Å². The summed E-state index contributed by atoms with van der Waals surface area (Å²) in [5.74, 6) is 0. The molecule has 1 heterocycles. The standard InChI is InChI=1S/C23H13F3N2O/c24-23(25,26)20-11-4-3-9-16(20)18-12-21(28-22(29)19(18)13-27)17-10-5-7-14-6-1-2-8-15(14)17/h1-12H,(H,28,29). The quantitative estimate of drug-likeness (QED) is 0.474. The van der Waals surface area contributed by atoms with Gasteiger partial charge in [-0.25, -0.2) is 0 Å². The number of hydrogen-bond donors (Lipinski definition) is 1. The van der Waals surface area contributed by atoms with Crippen LogP contribution in [-0.2, 0) is 6.18 Å². The van der Waals surface area contributed by atoms with E-state index in [1.54, 1.807) is 18.2 Å². The number of rotatable bonds is 2. The van der Waals surface area contributed by atoms with E-state index in [1.807, 2.05) is 30.3 Å². The first-order chi connectivity index (χ1) is 13.9. The second kappa shape index (κ2) is 6.95. The zero-order valence-corrected chi connectivity index (χ0v) is 14.9. The van der Waals surface area contributed by atoms with Crippen molar-refractivity contribution >= 4 is 10.8 Å². The van der Waals surface area contributed by atoms with Crippen molar-refractivity contribution in [1.82, 2.24) is 4.98 Å². The molecule has 1 N–H and O–H groups in total. The maximum atomic E-state index is 13.5. The van der Waals surface area contributed by atoms with Crippen molar-refractivity contribution in [2.24, 2.45) is 0 Å². The molecule has 3 nitrogen and oxygen atoms in total. The number of hydrogen-bond acceptors (Lipinski definition) is 2. The summed E-state index contributed by atoms with van der Waals surface area (Å²) in [5, 5.41) is 11.2. The molecule has 0 bridgehead atoms. The van der Waals surface area contributed by atoms with E-state index in [9.17, 15) is 23.2 Å². The maximum absolute atomic E-state index is 13.5. The molecule has 0 saturated heterocycles. The molecule has 0 unspecified atom stereocenters. The summed E-state index contributed by atoms with van der Waals surface area (Å²) >= 11 is 0. The fraction of sp³-hybridized carbons (Fsp3) is 0.0435. The van der Waals surface area contributed by atoms with Crippen LogP contribution in [0.4, 0.5) is 13.2 Å². The molecule has 142 valence electrons. The van der Waals surface area contributed by atoms with Crippen molar-refractivity contribution in [3.05, 3.63) is 94.3 Å². The number of nitrogens with zero attached hydrogens (tertiary/aromatic N) is 1. The molecule has 0 amide bonds. The fourth-order valence-electron chi connectivity index (χ4n) is 3.45. The van der Waals surface area contributed by atoms with Gasteiger partial charge in [-0.1, -0.05) is 60.7 Å². The first-order valence-electron chi connectivity index (χ1n) is 8.72. The lowest BCUT2D eigenvalue weighted by atomic mass is 9.94. The third-order valence-electron chi connectivity index (χ3n) is 4.75. The van der Waals surface area contributed by atoms with Gasteiger partial charge in [0, 0.05) is 16.8 Å².